The van der Waals surface area contributed by atoms with E-state index in [1.54, 1.807) is 24.1 Å². The third-order valence-electron chi connectivity index (χ3n) is 3.72. The van der Waals surface area contributed by atoms with E-state index in [-0.39, 0.29) is 12.1 Å². The first-order chi connectivity index (χ1) is 12.3. The topological polar surface area (TPSA) is 72.0 Å². The highest BCUT2D eigenvalue weighted by Gasteiger charge is 2.26. The van der Waals surface area contributed by atoms with Gasteiger partial charge in [0.2, 0.25) is 0 Å². The summed E-state index contributed by atoms with van der Waals surface area (Å²) in [5.41, 5.74) is 0.382. The van der Waals surface area contributed by atoms with Gasteiger partial charge in [0.25, 0.3) is 0 Å². The SMILES string of the molecule is CCOC(=O)/C=C/c1ccnc(N2CCN(C(=O)OC(C)(C)C)CC2)c1. The van der Waals surface area contributed by atoms with Crippen LogP contribution in [-0.2, 0) is 14.3 Å². The summed E-state index contributed by atoms with van der Waals surface area (Å²) in [7, 11) is 0. The van der Waals surface area contributed by atoms with Crippen molar-refractivity contribution >= 4 is 24.0 Å². The summed E-state index contributed by atoms with van der Waals surface area (Å²) in [5, 5.41) is 0. The van der Waals surface area contributed by atoms with Crippen LogP contribution in [0.2, 0.25) is 0 Å². The molecule has 0 saturated carbocycles. The Morgan fingerprint density at radius 2 is 1.92 bits per heavy atom. The molecule has 0 aromatic carbocycles. The van der Waals surface area contributed by atoms with Crippen LogP contribution in [-0.4, -0.2) is 60.3 Å². The van der Waals surface area contributed by atoms with Crippen LogP contribution in [0.4, 0.5) is 10.6 Å². The van der Waals surface area contributed by atoms with E-state index in [9.17, 15) is 9.59 Å². The highest BCUT2D eigenvalue weighted by Crippen LogP contribution is 2.17. The maximum absolute atomic E-state index is 12.1. The Morgan fingerprint density at radius 1 is 1.23 bits per heavy atom. The first-order valence-corrected chi connectivity index (χ1v) is 8.82. The van der Waals surface area contributed by atoms with E-state index in [1.165, 1.54) is 6.08 Å². The number of pyridine rings is 1. The summed E-state index contributed by atoms with van der Waals surface area (Å²) >= 11 is 0. The number of hydrogen-bond donors (Lipinski definition) is 0. The predicted molar refractivity (Wildman–Crippen MR) is 99.9 cm³/mol. The Hall–Kier alpha value is -2.57. The largest absolute Gasteiger partial charge is 0.463 e. The lowest BCUT2D eigenvalue weighted by atomic mass is 10.2. The number of esters is 1. The number of carbonyl (C=O) groups excluding carboxylic acids is 2. The third-order valence-corrected chi connectivity index (χ3v) is 3.72. The normalized spacial score (nSPS) is 15.2. The zero-order valence-corrected chi connectivity index (χ0v) is 15.9. The molecule has 142 valence electrons. The van der Waals surface area contributed by atoms with E-state index in [1.807, 2.05) is 32.9 Å². The van der Waals surface area contributed by atoms with Crippen LogP contribution in [0.25, 0.3) is 6.08 Å². The lowest BCUT2D eigenvalue weighted by Gasteiger charge is -2.36. The molecule has 0 spiro atoms. The standard InChI is InChI=1S/C19H27N3O4/c1-5-25-17(23)7-6-15-8-9-20-16(14-15)21-10-12-22(13-11-21)18(24)26-19(2,3)4/h6-9,14H,5,10-13H2,1-4H3/b7-6+. The molecule has 2 heterocycles. The average molecular weight is 361 g/mol. The van der Waals surface area contributed by atoms with Gasteiger partial charge in [0.1, 0.15) is 11.4 Å². The maximum atomic E-state index is 12.1. The molecular weight excluding hydrogens is 334 g/mol. The molecule has 1 aliphatic rings. The van der Waals surface area contributed by atoms with Crippen LogP contribution in [0.5, 0.6) is 0 Å². The molecule has 2 rings (SSSR count). The highest BCUT2D eigenvalue weighted by molar-refractivity contribution is 5.87. The summed E-state index contributed by atoms with van der Waals surface area (Å²) < 4.78 is 10.3. The molecule has 1 aromatic heterocycles. The number of aromatic nitrogens is 1. The number of carbonyl (C=O) groups is 2. The fraction of sp³-hybridized carbons (Fsp3) is 0.526. The van der Waals surface area contributed by atoms with E-state index in [4.69, 9.17) is 9.47 Å². The molecule has 0 unspecified atom stereocenters. The van der Waals surface area contributed by atoms with Gasteiger partial charge in [-0.15, -0.1) is 0 Å². The first-order valence-electron chi connectivity index (χ1n) is 8.82. The van der Waals surface area contributed by atoms with E-state index < -0.39 is 5.60 Å². The van der Waals surface area contributed by atoms with Crippen LogP contribution in [0, 0.1) is 0 Å². The Bertz CT molecular complexity index is 659. The maximum Gasteiger partial charge on any atom is 0.410 e. The third kappa shape index (κ3) is 6.06. The second-order valence-electron chi connectivity index (χ2n) is 6.99. The smallest absolute Gasteiger partial charge is 0.410 e. The second-order valence-corrected chi connectivity index (χ2v) is 6.99. The molecule has 26 heavy (non-hydrogen) atoms. The molecule has 7 nitrogen and oxygen atoms in total. The summed E-state index contributed by atoms with van der Waals surface area (Å²) in [5.74, 6) is 0.455. The number of anilines is 1. The van der Waals surface area contributed by atoms with Crippen molar-refractivity contribution in [3.8, 4) is 0 Å². The van der Waals surface area contributed by atoms with Crippen molar-refractivity contribution in [2.24, 2.45) is 0 Å². The second kappa shape index (κ2) is 8.69. The van der Waals surface area contributed by atoms with Crippen molar-refractivity contribution in [3.05, 3.63) is 30.0 Å². The summed E-state index contributed by atoms with van der Waals surface area (Å²) in [4.78, 5) is 31.8. The van der Waals surface area contributed by atoms with Crippen molar-refractivity contribution in [3.63, 3.8) is 0 Å². The summed E-state index contributed by atoms with van der Waals surface area (Å²) in [6.45, 7) is 10.2. The van der Waals surface area contributed by atoms with Gasteiger partial charge >= 0.3 is 12.1 Å². The number of hydrogen-bond acceptors (Lipinski definition) is 6. The quantitative estimate of drug-likeness (QED) is 0.606. The molecule has 0 radical (unpaired) electrons. The number of amides is 1. The Balaban J connectivity index is 1.94. The molecule has 1 amide bonds. The summed E-state index contributed by atoms with van der Waals surface area (Å²) in [6, 6.07) is 3.75. The predicted octanol–water partition coefficient (Wildman–Crippen LogP) is 2.72. The zero-order chi connectivity index (χ0) is 19.2. The van der Waals surface area contributed by atoms with Gasteiger partial charge in [0, 0.05) is 38.5 Å². The van der Waals surface area contributed by atoms with Crippen molar-refractivity contribution in [2.45, 2.75) is 33.3 Å². The molecule has 1 fully saturated rings. The van der Waals surface area contributed by atoms with Crippen molar-refractivity contribution < 1.29 is 19.1 Å². The van der Waals surface area contributed by atoms with Gasteiger partial charge in [-0.2, -0.15) is 0 Å². The minimum Gasteiger partial charge on any atom is -0.463 e. The van der Waals surface area contributed by atoms with Crippen molar-refractivity contribution in [1.29, 1.82) is 0 Å². The molecule has 7 heteroatoms. The number of nitrogens with zero attached hydrogens (tertiary/aromatic N) is 3. The summed E-state index contributed by atoms with van der Waals surface area (Å²) in [6.07, 6.45) is 4.54. The van der Waals surface area contributed by atoms with Crippen LogP contribution >= 0.6 is 0 Å². The van der Waals surface area contributed by atoms with Gasteiger partial charge in [-0.1, -0.05) is 0 Å². The van der Waals surface area contributed by atoms with Gasteiger partial charge in [-0.25, -0.2) is 14.6 Å². The van der Waals surface area contributed by atoms with Crippen molar-refractivity contribution in [1.82, 2.24) is 9.88 Å². The lowest BCUT2D eigenvalue weighted by Crippen LogP contribution is -2.50. The van der Waals surface area contributed by atoms with Crippen molar-refractivity contribution in [2.75, 3.05) is 37.7 Å². The van der Waals surface area contributed by atoms with Crippen LogP contribution < -0.4 is 4.90 Å². The average Bonchev–Trinajstić information content (AvgIpc) is 2.59. The fourth-order valence-corrected chi connectivity index (χ4v) is 2.51. The molecule has 1 aromatic rings. The lowest BCUT2D eigenvalue weighted by molar-refractivity contribution is -0.137. The minimum atomic E-state index is -0.491. The number of ether oxygens (including phenoxy) is 2. The van der Waals surface area contributed by atoms with Gasteiger partial charge in [-0.05, 0) is 51.5 Å². The number of piperazine rings is 1. The van der Waals surface area contributed by atoms with Gasteiger partial charge < -0.3 is 19.3 Å². The van der Waals surface area contributed by atoms with E-state index >= 15 is 0 Å². The highest BCUT2D eigenvalue weighted by atomic mass is 16.6. The molecular formula is C19H27N3O4. The molecule has 0 N–H and O–H groups in total. The Kier molecular flexibility index (Phi) is 6.60. The number of rotatable bonds is 4. The van der Waals surface area contributed by atoms with Gasteiger partial charge in [0.05, 0.1) is 6.61 Å². The molecule has 1 aliphatic heterocycles. The molecule has 0 atom stereocenters. The minimum absolute atomic E-state index is 0.281. The van der Waals surface area contributed by atoms with Crippen LogP contribution in [0.1, 0.15) is 33.3 Å². The van der Waals surface area contributed by atoms with E-state index in [2.05, 4.69) is 9.88 Å². The monoisotopic (exact) mass is 361 g/mol. The van der Waals surface area contributed by atoms with Gasteiger partial charge in [-0.3, -0.25) is 0 Å². The fourth-order valence-electron chi connectivity index (χ4n) is 2.51. The zero-order valence-electron chi connectivity index (χ0n) is 15.9. The first kappa shape index (κ1) is 19.8. The molecule has 0 aliphatic carbocycles. The molecule has 0 bridgehead atoms. The Labute approximate surface area is 154 Å². The van der Waals surface area contributed by atoms with E-state index in [0.29, 0.717) is 32.8 Å². The van der Waals surface area contributed by atoms with Gasteiger partial charge in [0.15, 0.2) is 0 Å². The molecule has 1 saturated heterocycles. The van der Waals surface area contributed by atoms with Crippen LogP contribution in [0.15, 0.2) is 24.4 Å². The Morgan fingerprint density at radius 3 is 2.54 bits per heavy atom. The van der Waals surface area contributed by atoms with Crippen LogP contribution in [0.3, 0.4) is 0 Å². The van der Waals surface area contributed by atoms with E-state index in [0.717, 1.165) is 11.4 Å².